The van der Waals surface area contributed by atoms with Gasteiger partial charge in [0.2, 0.25) is 0 Å². The molecule has 0 aliphatic carbocycles. The average molecular weight is 428 g/mol. The van der Waals surface area contributed by atoms with Gasteiger partial charge >= 0.3 is 5.97 Å². The molecule has 31 heavy (non-hydrogen) atoms. The molecule has 0 unspecified atom stereocenters. The van der Waals surface area contributed by atoms with Crippen molar-refractivity contribution in [2.45, 2.75) is 56.9 Å². The number of fused-ring (bicyclic) bond motifs is 1. The number of methoxy groups -OCH3 is 1. The summed E-state index contributed by atoms with van der Waals surface area (Å²) in [6.45, 7) is 4.22. The van der Waals surface area contributed by atoms with Gasteiger partial charge in [0, 0.05) is 24.1 Å². The van der Waals surface area contributed by atoms with Gasteiger partial charge in [-0.25, -0.2) is 4.39 Å². The van der Waals surface area contributed by atoms with Crippen LogP contribution in [0.15, 0.2) is 60.7 Å². The highest BCUT2D eigenvalue weighted by atomic mass is 19.1. The zero-order valence-electron chi connectivity index (χ0n) is 18.1. The van der Waals surface area contributed by atoms with E-state index in [-0.39, 0.29) is 36.7 Å². The van der Waals surface area contributed by atoms with Crippen LogP contribution in [-0.2, 0) is 9.53 Å². The largest absolute Gasteiger partial charge is 0.469 e. The maximum atomic E-state index is 13.5. The van der Waals surface area contributed by atoms with Crippen LogP contribution in [-0.4, -0.2) is 47.6 Å². The van der Waals surface area contributed by atoms with Gasteiger partial charge in [0.1, 0.15) is 5.82 Å². The predicted molar refractivity (Wildman–Crippen MR) is 118 cm³/mol. The Morgan fingerprint density at radius 2 is 1.84 bits per heavy atom. The molecule has 0 amide bonds. The molecule has 5 nitrogen and oxygen atoms in total. The highest BCUT2D eigenvalue weighted by Gasteiger charge is 2.38. The molecule has 0 aromatic heterocycles. The highest BCUT2D eigenvalue weighted by molar-refractivity contribution is 5.69. The number of para-hydroxylation sites is 1. The standard InChI is InChI=1S/C25H30FNO4/c1-16(2)27-22-7-5-4-6-21(22)25(17-8-10-18(26)11-9-17)23(27)13-12-19(28)14-20(29)15-24(30)31-3/h4-13,16,19-20,23,25,28-29H,14-15H2,1-3H3/b13-12+/t19-,20-,23-,25+/m1/s1. The summed E-state index contributed by atoms with van der Waals surface area (Å²) < 4.78 is 18.1. The molecule has 2 aromatic rings. The molecule has 1 heterocycles. The van der Waals surface area contributed by atoms with Crippen molar-refractivity contribution in [3.63, 3.8) is 0 Å². The van der Waals surface area contributed by atoms with E-state index in [0.29, 0.717) is 0 Å². The van der Waals surface area contributed by atoms with Crippen LogP contribution in [0.1, 0.15) is 43.7 Å². The first kappa shape index (κ1) is 23.0. The molecule has 2 N–H and O–H groups in total. The van der Waals surface area contributed by atoms with E-state index in [9.17, 15) is 19.4 Å². The monoisotopic (exact) mass is 427 g/mol. The summed E-state index contributed by atoms with van der Waals surface area (Å²) in [7, 11) is 1.26. The Bertz CT molecular complexity index is 912. The third kappa shape index (κ3) is 5.32. The van der Waals surface area contributed by atoms with Crippen LogP contribution in [0.5, 0.6) is 0 Å². The fourth-order valence-corrected chi connectivity index (χ4v) is 4.32. The van der Waals surface area contributed by atoms with E-state index in [4.69, 9.17) is 0 Å². The number of carbonyl (C=O) groups is 1. The molecular formula is C25H30FNO4. The number of aliphatic hydroxyl groups is 2. The quantitative estimate of drug-likeness (QED) is 0.496. The van der Waals surface area contributed by atoms with Crippen molar-refractivity contribution < 1.29 is 24.1 Å². The summed E-state index contributed by atoms with van der Waals surface area (Å²) in [6.07, 6.45) is 1.60. The van der Waals surface area contributed by atoms with Gasteiger partial charge in [-0.3, -0.25) is 4.79 Å². The molecule has 3 rings (SSSR count). The lowest BCUT2D eigenvalue weighted by Crippen LogP contribution is -2.38. The average Bonchev–Trinajstić information content (AvgIpc) is 3.07. The van der Waals surface area contributed by atoms with Gasteiger partial charge in [0.25, 0.3) is 0 Å². The minimum absolute atomic E-state index is 0.0253. The number of ether oxygens (including phenoxy) is 1. The highest BCUT2D eigenvalue weighted by Crippen LogP contribution is 2.46. The number of nitrogens with zero attached hydrogens (tertiary/aromatic N) is 1. The summed E-state index contributed by atoms with van der Waals surface area (Å²) in [5.41, 5.74) is 3.26. The normalized spacial score (nSPS) is 20.2. The molecule has 2 aromatic carbocycles. The molecule has 0 spiro atoms. The van der Waals surface area contributed by atoms with Crippen molar-refractivity contribution in [3.05, 3.63) is 77.6 Å². The summed E-state index contributed by atoms with van der Waals surface area (Å²) in [5, 5.41) is 20.4. The topological polar surface area (TPSA) is 70.0 Å². The molecule has 0 fully saturated rings. The fourth-order valence-electron chi connectivity index (χ4n) is 4.32. The van der Waals surface area contributed by atoms with E-state index >= 15 is 0 Å². The smallest absolute Gasteiger partial charge is 0.308 e. The Hall–Kier alpha value is -2.70. The van der Waals surface area contributed by atoms with Gasteiger partial charge in [0.05, 0.1) is 31.8 Å². The van der Waals surface area contributed by atoms with Crippen molar-refractivity contribution in [2.75, 3.05) is 12.0 Å². The number of aliphatic hydroxyl groups excluding tert-OH is 2. The summed E-state index contributed by atoms with van der Waals surface area (Å²) in [4.78, 5) is 13.6. The van der Waals surface area contributed by atoms with Gasteiger partial charge in [-0.15, -0.1) is 0 Å². The van der Waals surface area contributed by atoms with Crippen molar-refractivity contribution in [1.82, 2.24) is 0 Å². The molecule has 0 saturated heterocycles. The Morgan fingerprint density at radius 1 is 1.16 bits per heavy atom. The third-order valence-electron chi connectivity index (χ3n) is 5.67. The molecular weight excluding hydrogens is 397 g/mol. The number of carbonyl (C=O) groups excluding carboxylic acids is 1. The summed E-state index contributed by atoms with van der Waals surface area (Å²) in [5.74, 6) is -0.822. The minimum Gasteiger partial charge on any atom is -0.469 e. The SMILES string of the molecule is COC(=O)C[C@H](O)C[C@H](O)/C=C/[C@@H]1[C@@H](c2ccc(F)cc2)c2ccccc2N1C(C)C. The van der Waals surface area contributed by atoms with Crippen molar-refractivity contribution in [1.29, 1.82) is 0 Å². The van der Waals surface area contributed by atoms with Gasteiger partial charge in [0.15, 0.2) is 0 Å². The number of hydrogen-bond donors (Lipinski definition) is 2. The molecule has 0 radical (unpaired) electrons. The first-order valence-corrected chi connectivity index (χ1v) is 10.6. The lowest BCUT2D eigenvalue weighted by molar-refractivity contribution is -0.143. The molecule has 166 valence electrons. The van der Waals surface area contributed by atoms with Gasteiger partial charge in [-0.05, 0) is 43.2 Å². The van der Waals surface area contributed by atoms with Crippen LogP contribution in [0.4, 0.5) is 10.1 Å². The number of benzene rings is 2. The summed E-state index contributed by atoms with van der Waals surface area (Å²) >= 11 is 0. The lowest BCUT2D eigenvalue weighted by atomic mass is 9.87. The Labute approximate surface area is 182 Å². The number of esters is 1. The molecule has 4 atom stereocenters. The predicted octanol–water partition coefficient (Wildman–Crippen LogP) is 3.79. The first-order chi connectivity index (χ1) is 14.8. The van der Waals surface area contributed by atoms with Crippen LogP contribution in [0.3, 0.4) is 0 Å². The van der Waals surface area contributed by atoms with Gasteiger partial charge in [-0.1, -0.05) is 42.5 Å². The first-order valence-electron chi connectivity index (χ1n) is 10.6. The van der Waals surface area contributed by atoms with E-state index < -0.39 is 18.2 Å². The van der Waals surface area contributed by atoms with E-state index in [2.05, 4.69) is 35.6 Å². The van der Waals surface area contributed by atoms with Crippen molar-refractivity contribution in [2.24, 2.45) is 0 Å². The minimum atomic E-state index is -0.984. The van der Waals surface area contributed by atoms with Gasteiger partial charge in [-0.2, -0.15) is 0 Å². The van der Waals surface area contributed by atoms with E-state index in [1.807, 2.05) is 18.2 Å². The second kappa shape index (κ2) is 10.1. The van der Waals surface area contributed by atoms with Crippen molar-refractivity contribution >= 4 is 11.7 Å². The molecule has 1 aliphatic rings. The van der Waals surface area contributed by atoms with E-state index in [1.165, 1.54) is 19.2 Å². The second-order valence-electron chi connectivity index (χ2n) is 8.20. The number of hydrogen-bond acceptors (Lipinski definition) is 5. The number of halogens is 1. The Morgan fingerprint density at radius 3 is 2.48 bits per heavy atom. The lowest BCUT2D eigenvalue weighted by Gasteiger charge is -2.32. The number of anilines is 1. The van der Waals surface area contributed by atoms with Crippen LogP contribution >= 0.6 is 0 Å². The van der Waals surface area contributed by atoms with E-state index in [0.717, 1.165) is 16.8 Å². The molecule has 0 saturated carbocycles. The zero-order valence-corrected chi connectivity index (χ0v) is 18.1. The third-order valence-corrected chi connectivity index (χ3v) is 5.67. The second-order valence-corrected chi connectivity index (χ2v) is 8.20. The molecule has 6 heteroatoms. The van der Waals surface area contributed by atoms with Crippen molar-refractivity contribution in [3.8, 4) is 0 Å². The number of rotatable bonds is 8. The van der Waals surface area contributed by atoms with Crippen LogP contribution in [0, 0.1) is 5.82 Å². The zero-order chi connectivity index (χ0) is 22.5. The maximum Gasteiger partial charge on any atom is 0.308 e. The summed E-state index contributed by atoms with van der Waals surface area (Å²) in [6, 6.07) is 14.8. The van der Waals surface area contributed by atoms with Gasteiger partial charge < -0.3 is 19.8 Å². The Balaban J connectivity index is 1.88. The molecule has 1 aliphatic heterocycles. The Kier molecular flexibility index (Phi) is 7.46. The van der Waals surface area contributed by atoms with E-state index in [1.54, 1.807) is 18.2 Å². The molecule has 0 bridgehead atoms. The van der Waals surface area contributed by atoms with Crippen LogP contribution < -0.4 is 4.90 Å². The maximum absolute atomic E-state index is 13.5. The van der Waals surface area contributed by atoms with Crippen LogP contribution in [0.2, 0.25) is 0 Å². The van der Waals surface area contributed by atoms with Crippen LogP contribution in [0.25, 0.3) is 0 Å². The fraction of sp³-hybridized carbons (Fsp3) is 0.400.